The topological polar surface area (TPSA) is 68.0 Å². The Morgan fingerprint density at radius 1 is 1.41 bits per heavy atom. The van der Waals surface area contributed by atoms with Gasteiger partial charge in [-0.3, -0.25) is 4.79 Å². The minimum atomic E-state index is -0.0227. The molecule has 0 aliphatic heterocycles. The van der Waals surface area contributed by atoms with Gasteiger partial charge in [0, 0.05) is 25.8 Å². The molecule has 5 heteroatoms. The van der Waals surface area contributed by atoms with Gasteiger partial charge in [-0.1, -0.05) is 27.7 Å². The van der Waals surface area contributed by atoms with Gasteiger partial charge in [0.15, 0.2) is 0 Å². The van der Waals surface area contributed by atoms with E-state index in [1.165, 1.54) is 0 Å². The molecule has 0 radical (unpaired) electrons. The van der Waals surface area contributed by atoms with Crippen LogP contribution in [0.15, 0.2) is 4.42 Å². The Balaban J connectivity index is 2.34. The van der Waals surface area contributed by atoms with E-state index in [1.807, 2.05) is 6.92 Å². The fourth-order valence-corrected chi connectivity index (χ4v) is 1.28. The van der Waals surface area contributed by atoms with Crippen LogP contribution >= 0.6 is 0 Å². The Kier molecular flexibility index (Phi) is 4.26. The average Bonchev–Trinajstić information content (AvgIpc) is 2.61. The molecule has 1 unspecified atom stereocenters. The molecule has 1 atom stereocenters. The number of rotatable bonds is 4. The first-order valence-electron chi connectivity index (χ1n) is 5.87. The van der Waals surface area contributed by atoms with Crippen molar-refractivity contribution in [2.24, 2.45) is 11.3 Å². The molecule has 1 aromatic rings. The van der Waals surface area contributed by atoms with E-state index in [-0.39, 0.29) is 17.2 Å². The Morgan fingerprint density at radius 3 is 2.53 bits per heavy atom. The molecule has 1 heterocycles. The second kappa shape index (κ2) is 5.29. The highest BCUT2D eigenvalue weighted by atomic mass is 16.4. The maximum atomic E-state index is 11.8. The molecule has 1 N–H and O–H groups in total. The van der Waals surface area contributed by atoms with Crippen molar-refractivity contribution in [3.63, 3.8) is 0 Å². The van der Waals surface area contributed by atoms with Gasteiger partial charge in [-0.25, -0.2) is 0 Å². The third kappa shape index (κ3) is 4.17. The lowest BCUT2D eigenvalue weighted by Crippen LogP contribution is -2.37. The minimum absolute atomic E-state index is 0.0214. The van der Waals surface area contributed by atoms with E-state index >= 15 is 0 Å². The zero-order chi connectivity index (χ0) is 13.1. The second-order valence-corrected chi connectivity index (χ2v) is 5.34. The van der Waals surface area contributed by atoms with Gasteiger partial charge in [0.1, 0.15) is 0 Å². The van der Waals surface area contributed by atoms with Crippen molar-refractivity contribution in [2.45, 2.75) is 41.0 Å². The van der Waals surface area contributed by atoms with Gasteiger partial charge in [-0.2, -0.15) is 0 Å². The zero-order valence-corrected chi connectivity index (χ0v) is 11.2. The van der Waals surface area contributed by atoms with Crippen LogP contribution in [0.5, 0.6) is 0 Å². The van der Waals surface area contributed by atoms with Crippen LogP contribution in [0.3, 0.4) is 0 Å². The summed E-state index contributed by atoms with van der Waals surface area (Å²) in [5.74, 6) is 1.15. The number of amides is 1. The zero-order valence-electron chi connectivity index (χ0n) is 11.2. The number of nitrogens with one attached hydrogen (secondary N) is 1. The van der Waals surface area contributed by atoms with Crippen molar-refractivity contribution in [3.8, 4) is 0 Å². The summed E-state index contributed by atoms with van der Waals surface area (Å²) in [6.45, 7) is 10.4. The van der Waals surface area contributed by atoms with E-state index in [0.717, 1.165) is 0 Å². The van der Waals surface area contributed by atoms with Crippen LogP contribution in [-0.2, 0) is 11.2 Å². The standard InChI is InChI=1S/C12H21N3O2/c1-8(12(3,4)5)11(16)13-7-6-10-15-14-9(2)17-10/h8H,6-7H2,1-5H3,(H,13,16). The number of hydrogen-bond donors (Lipinski definition) is 1. The molecule has 96 valence electrons. The van der Waals surface area contributed by atoms with E-state index in [9.17, 15) is 4.79 Å². The van der Waals surface area contributed by atoms with Crippen molar-refractivity contribution in [1.82, 2.24) is 15.5 Å². The van der Waals surface area contributed by atoms with E-state index < -0.39 is 0 Å². The van der Waals surface area contributed by atoms with Gasteiger partial charge in [-0.15, -0.1) is 10.2 Å². The summed E-state index contributed by atoms with van der Waals surface area (Å²) in [5, 5.41) is 10.5. The first-order valence-corrected chi connectivity index (χ1v) is 5.87. The van der Waals surface area contributed by atoms with Gasteiger partial charge in [0.05, 0.1) is 0 Å². The monoisotopic (exact) mass is 239 g/mol. The first kappa shape index (κ1) is 13.7. The number of hydrogen-bond acceptors (Lipinski definition) is 4. The summed E-state index contributed by atoms with van der Waals surface area (Å²) in [6.07, 6.45) is 0.573. The predicted molar refractivity (Wildman–Crippen MR) is 64.4 cm³/mol. The fraction of sp³-hybridized carbons (Fsp3) is 0.750. The first-order chi connectivity index (χ1) is 7.80. The molecule has 0 bridgehead atoms. The summed E-state index contributed by atoms with van der Waals surface area (Å²) < 4.78 is 5.22. The van der Waals surface area contributed by atoms with E-state index in [0.29, 0.717) is 24.7 Å². The summed E-state index contributed by atoms with van der Waals surface area (Å²) in [6, 6.07) is 0. The van der Waals surface area contributed by atoms with Crippen LogP contribution < -0.4 is 5.32 Å². The molecule has 0 aliphatic rings. The third-order valence-electron chi connectivity index (χ3n) is 2.90. The number of aryl methyl sites for hydroxylation is 1. The molecule has 0 saturated carbocycles. The smallest absolute Gasteiger partial charge is 0.223 e. The van der Waals surface area contributed by atoms with Gasteiger partial charge in [0.25, 0.3) is 0 Å². The molecule has 0 fully saturated rings. The highest BCUT2D eigenvalue weighted by molar-refractivity contribution is 5.78. The van der Waals surface area contributed by atoms with Gasteiger partial charge < -0.3 is 9.73 Å². The summed E-state index contributed by atoms with van der Waals surface area (Å²) >= 11 is 0. The van der Waals surface area contributed by atoms with E-state index in [4.69, 9.17) is 4.42 Å². The summed E-state index contributed by atoms with van der Waals surface area (Å²) in [7, 11) is 0. The van der Waals surface area contributed by atoms with Gasteiger partial charge in [0.2, 0.25) is 17.7 Å². The highest BCUT2D eigenvalue weighted by Crippen LogP contribution is 2.25. The number of carbonyl (C=O) groups excluding carboxylic acids is 1. The molecule has 0 aromatic carbocycles. The van der Waals surface area contributed by atoms with Crippen molar-refractivity contribution in [1.29, 1.82) is 0 Å². The van der Waals surface area contributed by atoms with Crippen LogP contribution in [-0.4, -0.2) is 22.6 Å². The molecular formula is C12H21N3O2. The molecule has 1 rings (SSSR count). The minimum Gasteiger partial charge on any atom is -0.426 e. The summed E-state index contributed by atoms with van der Waals surface area (Å²) in [5.41, 5.74) is -0.0227. The average molecular weight is 239 g/mol. The van der Waals surface area contributed by atoms with Crippen LogP contribution in [0, 0.1) is 18.3 Å². The highest BCUT2D eigenvalue weighted by Gasteiger charge is 2.26. The van der Waals surface area contributed by atoms with Crippen molar-refractivity contribution in [3.05, 3.63) is 11.8 Å². The Labute approximate surface area is 102 Å². The molecule has 1 amide bonds. The van der Waals surface area contributed by atoms with Crippen LogP contribution in [0.4, 0.5) is 0 Å². The van der Waals surface area contributed by atoms with Crippen molar-refractivity contribution >= 4 is 5.91 Å². The third-order valence-corrected chi connectivity index (χ3v) is 2.90. The molecule has 17 heavy (non-hydrogen) atoms. The number of aromatic nitrogens is 2. The quantitative estimate of drug-likeness (QED) is 0.868. The van der Waals surface area contributed by atoms with Crippen LogP contribution in [0.25, 0.3) is 0 Å². The Bertz CT molecular complexity index is 379. The number of nitrogens with zero attached hydrogens (tertiary/aromatic N) is 2. The number of carbonyl (C=O) groups is 1. The SMILES string of the molecule is Cc1nnc(CCNC(=O)C(C)C(C)(C)C)o1. The second-order valence-electron chi connectivity index (χ2n) is 5.34. The lowest BCUT2D eigenvalue weighted by atomic mass is 9.81. The lowest BCUT2D eigenvalue weighted by molar-refractivity contribution is -0.127. The lowest BCUT2D eigenvalue weighted by Gasteiger charge is -2.25. The fourth-order valence-electron chi connectivity index (χ4n) is 1.28. The Hall–Kier alpha value is -1.39. The molecule has 1 aromatic heterocycles. The normalized spacial score (nSPS) is 13.5. The van der Waals surface area contributed by atoms with E-state index in [1.54, 1.807) is 6.92 Å². The molecule has 5 nitrogen and oxygen atoms in total. The van der Waals surface area contributed by atoms with Crippen molar-refractivity contribution < 1.29 is 9.21 Å². The predicted octanol–water partition coefficient (Wildman–Crippen LogP) is 1.72. The Morgan fingerprint density at radius 2 is 2.06 bits per heavy atom. The van der Waals surface area contributed by atoms with Gasteiger partial charge >= 0.3 is 0 Å². The van der Waals surface area contributed by atoms with Gasteiger partial charge in [-0.05, 0) is 5.41 Å². The molecular weight excluding hydrogens is 218 g/mol. The maximum absolute atomic E-state index is 11.8. The van der Waals surface area contributed by atoms with Crippen molar-refractivity contribution in [2.75, 3.05) is 6.54 Å². The molecule has 0 aliphatic carbocycles. The summed E-state index contributed by atoms with van der Waals surface area (Å²) in [4.78, 5) is 11.8. The molecule has 0 spiro atoms. The maximum Gasteiger partial charge on any atom is 0.223 e. The molecule has 0 saturated heterocycles. The van der Waals surface area contributed by atoms with Crippen LogP contribution in [0.2, 0.25) is 0 Å². The van der Waals surface area contributed by atoms with Crippen LogP contribution in [0.1, 0.15) is 39.5 Å². The van der Waals surface area contributed by atoms with E-state index in [2.05, 4.69) is 36.3 Å². The largest absolute Gasteiger partial charge is 0.426 e.